The maximum absolute atomic E-state index is 14.3. The lowest BCUT2D eigenvalue weighted by Crippen LogP contribution is -2.27. The normalized spacial score (nSPS) is 12.9. The Bertz CT molecular complexity index is 1580. The number of alkyl halides is 3. The van der Waals surface area contributed by atoms with Gasteiger partial charge in [0.15, 0.2) is 0 Å². The molecule has 0 spiro atoms. The molecule has 1 aromatic heterocycles. The summed E-state index contributed by atoms with van der Waals surface area (Å²) in [6.45, 7) is 3.03. The number of halogens is 4. The number of nitrogens with zero attached hydrogens (tertiary/aromatic N) is 2. The van der Waals surface area contributed by atoms with Crippen molar-refractivity contribution < 1.29 is 40.5 Å². The average molecular weight is 612 g/mol. The van der Waals surface area contributed by atoms with Gasteiger partial charge in [0.05, 0.1) is 29.3 Å². The molecule has 0 radical (unpaired) electrons. The first kappa shape index (κ1) is 30.3. The number of hydrogen-bond acceptors (Lipinski definition) is 8. The summed E-state index contributed by atoms with van der Waals surface area (Å²) in [5.41, 5.74) is 0.106. The molecule has 9 nitrogen and oxygen atoms in total. The van der Waals surface area contributed by atoms with Crippen LogP contribution < -0.4 is 14.2 Å². The lowest BCUT2D eigenvalue weighted by molar-refractivity contribution is -0.242. The van der Waals surface area contributed by atoms with Crippen LogP contribution in [-0.4, -0.2) is 44.3 Å². The van der Waals surface area contributed by atoms with Gasteiger partial charge in [-0.3, -0.25) is 4.72 Å². The minimum Gasteiger partial charge on any atom is -0.457 e. The molecule has 3 aromatic carbocycles. The van der Waals surface area contributed by atoms with Crippen LogP contribution in [0.2, 0.25) is 5.02 Å². The van der Waals surface area contributed by atoms with Gasteiger partial charge in [-0.05, 0) is 50.2 Å². The van der Waals surface area contributed by atoms with Crippen LogP contribution in [0.5, 0.6) is 11.6 Å². The van der Waals surface area contributed by atoms with Crippen LogP contribution in [0.4, 0.5) is 19.0 Å². The number of hydrogen-bond donors (Lipinski definition) is 1. The van der Waals surface area contributed by atoms with Crippen molar-refractivity contribution in [2.45, 2.75) is 37.5 Å². The van der Waals surface area contributed by atoms with E-state index in [0.29, 0.717) is 13.2 Å². The molecule has 4 rings (SSSR count). The average Bonchev–Trinajstić information content (AvgIpc) is 2.92. The van der Waals surface area contributed by atoms with E-state index in [1.165, 1.54) is 48.5 Å². The molecule has 14 heteroatoms. The minimum absolute atomic E-state index is 0.0948. The van der Waals surface area contributed by atoms with Gasteiger partial charge in [0.25, 0.3) is 15.9 Å². The maximum atomic E-state index is 14.3. The van der Waals surface area contributed by atoms with E-state index in [2.05, 4.69) is 14.7 Å². The lowest BCUT2D eigenvalue weighted by Gasteiger charge is -2.23. The van der Waals surface area contributed by atoms with Crippen LogP contribution in [0.1, 0.15) is 25.5 Å². The van der Waals surface area contributed by atoms with Crippen LogP contribution in [0.25, 0.3) is 11.0 Å². The van der Waals surface area contributed by atoms with Crippen LogP contribution in [0, 0.1) is 0 Å². The second-order valence-corrected chi connectivity index (χ2v) is 10.4. The number of benzene rings is 3. The Morgan fingerprint density at radius 3 is 2.02 bits per heavy atom. The maximum Gasteiger partial charge on any atom is 0.429 e. The smallest absolute Gasteiger partial charge is 0.429 e. The fourth-order valence-electron chi connectivity index (χ4n) is 3.63. The number of aromatic nitrogens is 2. The number of anilines is 1. The first-order valence-corrected chi connectivity index (χ1v) is 14.1. The molecule has 0 aliphatic heterocycles. The van der Waals surface area contributed by atoms with Crippen molar-refractivity contribution >= 4 is 38.5 Å². The van der Waals surface area contributed by atoms with E-state index in [4.69, 9.17) is 30.5 Å². The second-order valence-electron chi connectivity index (χ2n) is 8.33. The number of sulfonamides is 1. The van der Waals surface area contributed by atoms with Crippen LogP contribution in [-0.2, 0) is 19.5 Å². The van der Waals surface area contributed by atoms with Gasteiger partial charge in [-0.1, -0.05) is 48.0 Å². The van der Waals surface area contributed by atoms with E-state index in [1.807, 2.05) is 0 Å². The summed E-state index contributed by atoms with van der Waals surface area (Å²) in [7, 11) is -4.38. The lowest BCUT2D eigenvalue weighted by atomic mass is 10.1. The van der Waals surface area contributed by atoms with Crippen molar-refractivity contribution in [3.8, 4) is 11.6 Å². The van der Waals surface area contributed by atoms with Crippen molar-refractivity contribution in [3.63, 3.8) is 0 Å². The van der Waals surface area contributed by atoms with Crippen LogP contribution in [0.15, 0.2) is 77.7 Å². The van der Waals surface area contributed by atoms with E-state index in [-0.39, 0.29) is 32.3 Å². The van der Waals surface area contributed by atoms with Gasteiger partial charge in [0, 0.05) is 5.56 Å². The largest absolute Gasteiger partial charge is 0.457 e. The monoisotopic (exact) mass is 611 g/mol. The Balaban J connectivity index is 1.70. The molecule has 4 aromatic rings. The Hall–Kier alpha value is -3.65. The molecule has 1 N–H and O–H groups in total. The number of para-hydroxylation sites is 2. The third kappa shape index (κ3) is 7.55. The summed E-state index contributed by atoms with van der Waals surface area (Å²) >= 11 is 6.05. The quantitative estimate of drug-likeness (QED) is 0.181. The molecule has 0 aliphatic rings. The minimum atomic E-state index is -4.92. The Morgan fingerprint density at radius 2 is 1.44 bits per heavy atom. The van der Waals surface area contributed by atoms with E-state index < -0.39 is 40.5 Å². The molecule has 0 saturated carbocycles. The van der Waals surface area contributed by atoms with E-state index >= 15 is 0 Å². The third-order valence-corrected chi connectivity index (χ3v) is 7.28. The SMILES string of the molecule is CCOC(OCC)Oc1ccc(C(Oc2nc3ccccc3nc2NS(=O)(=O)c2ccccc2Cl)C(F)(F)F)cc1. The molecule has 0 amide bonds. The van der Waals surface area contributed by atoms with Gasteiger partial charge in [0.1, 0.15) is 10.6 Å². The number of fused-ring (bicyclic) bond motifs is 1. The molecule has 41 heavy (non-hydrogen) atoms. The molecule has 0 bridgehead atoms. The second kappa shape index (κ2) is 12.9. The van der Waals surface area contributed by atoms with Gasteiger partial charge in [0.2, 0.25) is 11.9 Å². The summed E-state index contributed by atoms with van der Waals surface area (Å²) in [6.07, 6.45) is -7.46. The first-order chi connectivity index (χ1) is 19.5. The highest BCUT2D eigenvalue weighted by atomic mass is 35.5. The first-order valence-electron chi connectivity index (χ1n) is 12.3. The van der Waals surface area contributed by atoms with Gasteiger partial charge < -0.3 is 18.9 Å². The van der Waals surface area contributed by atoms with Crippen molar-refractivity contribution in [3.05, 3.63) is 83.4 Å². The molecule has 0 saturated heterocycles. The standard InChI is InChI=1S/C27H25ClF3N3O6S/c1-3-37-26(38-4-2)39-18-15-13-17(14-16-18)23(27(29,30)31)40-25-24(32-20-10-6-7-11-21(20)33-25)34-41(35,36)22-12-8-5-9-19(22)28/h5-16,23,26H,3-4H2,1-2H3,(H,32,34). The highest BCUT2D eigenvalue weighted by Crippen LogP contribution is 2.39. The molecular formula is C27H25ClF3N3O6S. The fraction of sp³-hybridized carbons (Fsp3) is 0.259. The molecule has 0 aliphatic carbocycles. The van der Waals surface area contributed by atoms with Crippen LogP contribution >= 0.6 is 11.6 Å². The van der Waals surface area contributed by atoms with E-state index in [9.17, 15) is 21.6 Å². The molecule has 218 valence electrons. The van der Waals surface area contributed by atoms with E-state index in [1.54, 1.807) is 26.0 Å². The van der Waals surface area contributed by atoms with Gasteiger partial charge in [-0.15, -0.1) is 0 Å². The van der Waals surface area contributed by atoms with Gasteiger partial charge >= 0.3 is 12.7 Å². The van der Waals surface area contributed by atoms with Crippen molar-refractivity contribution in [2.75, 3.05) is 17.9 Å². The predicted molar refractivity (Wildman–Crippen MR) is 145 cm³/mol. The number of rotatable bonds is 12. The van der Waals surface area contributed by atoms with Crippen LogP contribution in [0.3, 0.4) is 0 Å². The Morgan fingerprint density at radius 1 is 0.854 bits per heavy atom. The highest BCUT2D eigenvalue weighted by Gasteiger charge is 2.44. The molecule has 1 unspecified atom stereocenters. The zero-order chi connectivity index (χ0) is 29.6. The zero-order valence-corrected chi connectivity index (χ0v) is 23.3. The summed E-state index contributed by atoms with van der Waals surface area (Å²) in [5.74, 6) is -1.04. The number of nitrogens with one attached hydrogen (secondary N) is 1. The summed E-state index contributed by atoms with van der Waals surface area (Å²) in [6, 6.07) is 16.7. The van der Waals surface area contributed by atoms with E-state index in [0.717, 1.165) is 12.1 Å². The topological polar surface area (TPSA) is 109 Å². The molecule has 0 fully saturated rings. The number of ether oxygens (including phenoxy) is 4. The Kier molecular flexibility index (Phi) is 9.53. The zero-order valence-electron chi connectivity index (χ0n) is 21.8. The van der Waals surface area contributed by atoms with Gasteiger partial charge in [-0.25, -0.2) is 18.4 Å². The molecule has 1 heterocycles. The molecule has 1 atom stereocenters. The van der Waals surface area contributed by atoms with Gasteiger partial charge in [-0.2, -0.15) is 13.2 Å². The van der Waals surface area contributed by atoms with Crippen molar-refractivity contribution in [1.29, 1.82) is 0 Å². The third-order valence-electron chi connectivity index (χ3n) is 5.44. The molecular weight excluding hydrogens is 587 g/mol. The van der Waals surface area contributed by atoms with Crippen molar-refractivity contribution in [1.82, 2.24) is 9.97 Å². The summed E-state index contributed by atoms with van der Waals surface area (Å²) in [4.78, 5) is 8.04. The highest BCUT2D eigenvalue weighted by molar-refractivity contribution is 7.92. The summed E-state index contributed by atoms with van der Waals surface area (Å²) in [5, 5.41) is -0.0948. The fourth-order valence-corrected chi connectivity index (χ4v) is 5.15. The summed E-state index contributed by atoms with van der Waals surface area (Å²) < 4.78 is 92.8. The van der Waals surface area contributed by atoms with Crippen molar-refractivity contribution in [2.24, 2.45) is 0 Å². The Labute approximate surface area is 239 Å². The predicted octanol–water partition coefficient (Wildman–Crippen LogP) is 6.50.